The molecule has 2 aromatic rings. The van der Waals surface area contributed by atoms with Crippen LogP contribution in [0.1, 0.15) is 43.7 Å². The van der Waals surface area contributed by atoms with Gasteiger partial charge in [-0.2, -0.15) is 0 Å². The lowest BCUT2D eigenvalue weighted by atomic mass is 9.89. The number of hydrogen-bond acceptors (Lipinski definition) is 3. The molecule has 0 amide bonds. The molecule has 2 heterocycles. The monoisotopic (exact) mass is 271 g/mol. The Morgan fingerprint density at radius 3 is 2.65 bits per heavy atom. The Hall–Kier alpha value is -1.61. The zero-order chi connectivity index (χ0) is 14.2. The Morgan fingerprint density at radius 1 is 1.30 bits per heavy atom. The zero-order valence-corrected chi connectivity index (χ0v) is 12.2. The van der Waals surface area contributed by atoms with E-state index < -0.39 is 5.54 Å². The summed E-state index contributed by atoms with van der Waals surface area (Å²) in [5.74, 6) is 0.598. The average Bonchev–Trinajstić information content (AvgIpc) is 3.14. The van der Waals surface area contributed by atoms with E-state index in [0.29, 0.717) is 5.76 Å². The second kappa shape index (κ2) is 5.06. The first-order chi connectivity index (χ1) is 9.65. The van der Waals surface area contributed by atoms with E-state index in [4.69, 9.17) is 4.42 Å². The smallest absolute Gasteiger partial charge is 0.217 e. The van der Waals surface area contributed by atoms with E-state index >= 15 is 0 Å². The lowest BCUT2D eigenvalue weighted by Crippen LogP contribution is -2.50. The molecule has 3 heteroatoms. The lowest BCUT2D eigenvalue weighted by molar-refractivity contribution is 0.0620. The SMILES string of the molecule is CCC(C)(C(=O)c1cc2ccccc2o1)N1CCCC1. The fourth-order valence-corrected chi connectivity index (χ4v) is 3.10. The van der Waals surface area contributed by atoms with Gasteiger partial charge >= 0.3 is 0 Å². The predicted octanol–water partition coefficient (Wildman–Crippen LogP) is 3.88. The molecule has 20 heavy (non-hydrogen) atoms. The first-order valence-corrected chi connectivity index (χ1v) is 7.43. The van der Waals surface area contributed by atoms with Crippen LogP contribution in [0.25, 0.3) is 11.0 Å². The summed E-state index contributed by atoms with van der Waals surface area (Å²) in [7, 11) is 0. The molecule has 1 aromatic carbocycles. The van der Waals surface area contributed by atoms with Crippen LogP contribution in [0.15, 0.2) is 34.7 Å². The van der Waals surface area contributed by atoms with Crippen molar-refractivity contribution < 1.29 is 9.21 Å². The summed E-state index contributed by atoms with van der Waals surface area (Å²) in [5, 5.41) is 0.996. The molecule has 0 bridgehead atoms. The van der Waals surface area contributed by atoms with Crippen molar-refractivity contribution in [3.63, 3.8) is 0 Å². The van der Waals surface area contributed by atoms with Crippen LogP contribution >= 0.6 is 0 Å². The van der Waals surface area contributed by atoms with Crippen molar-refractivity contribution in [3.8, 4) is 0 Å². The van der Waals surface area contributed by atoms with Crippen LogP contribution in [0, 0.1) is 0 Å². The molecular formula is C17H21NO2. The molecule has 0 N–H and O–H groups in total. The quantitative estimate of drug-likeness (QED) is 0.791. The molecule has 1 unspecified atom stereocenters. The van der Waals surface area contributed by atoms with Crippen LogP contribution in [0.2, 0.25) is 0 Å². The maximum Gasteiger partial charge on any atom is 0.217 e. The van der Waals surface area contributed by atoms with Crippen LogP contribution in [0.5, 0.6) is 0 Å². The Labute approximate surface area is 119 Å². The summed E-state index contributed by atoms with van der Waals surface area (Å²) in [6.45, 7) is 6.15. The maximum atomic E-state index is 12.9. The number of fused-ring (bicyclic) bond motifs is 1. The normalized spacial score (nSPS) is 19.3. The maximum absolute atomic E-state index is 12.9. The standard InChI is InChI=1S/C17H21NO2/c1-3-17(2,18-10-6-7-11-18)16(19)15-12-13-8-4-5-9-14(13)20-15/h4-5,8-9,12H,3,6-7,10-11H2,1-2H3. The molecular weight excluding hydrogens is 250 g/mol. The molecule has 1 atom stereocenters. The number of carbonyl (C=O) groups is 1. The minimum absolute atomic E-state index is 0.109. The third kappa shape index (κ3) is 2.06. The van der Waals surface area contributed by atoms with Crippen molar-refractivity contribution in [2.24, 2.45) is 0 Å². The van der Waals surface area contributed by atoms with Gasteiger partial charge in [0.25, 0.3) is 0 Å². The second-order valence-corrected chi connectivity index (χ2v) is 5.80. The van der Waals surface area contributed by atoms with E-state index in [1.165, 1.54) is 12.8 Å². The second-order valence-electron chi connectivity index (χ2n) is 5.80. The highest BCUT2D eigenvalue weighted by molar-refractivity contribution is 6.03. The molecule has 0 spiro atoms. The van der Waals surface area contributed by atoms with Gasteiger partial charge in [0.05, 0.1) is 5.54 Å². The van der Waals surface area contributed by atoms with Gasteiger partial charge in [-0.15, -0.1) is 0 Å². The molecule has 1 aliphatic heterocycles. The summed E-state index contributed by atoms with van der Waals surface area (Å²) in [4.78, 5) is 15.2. The number of para-hydroxylation sites is 1. The van der Waals surface area contributed by atoms with Crippen molar-refractivity contribution in [2.75, 3.05) is 13.1 Å². The van der Waals surface area contributed by atoms with Gasteiger partial charge in [-0.3, -0.25) is 9.69 Å². The van der Waals surface area contributed by atoms with Crippen LogP contribution in [-0.2, 0) is 0 Å². The predicted molar refractivity (Wildman–Crippen MR) is 80.0 cm³/mol. The Balaban J connectivity index is 1.96. The van der Waals surface area contributed by atoms with Crippen LogP contribution in [-0.4, -0.2) is 29.3 Å². The van der Waals surface area contributed by atoms with Gasteiger partial charge < -0.3 is 4.42 Å². The largest absolute Gasteiger partial charge is 0.453 e. The number of furan rings is 1. The fourth-order valence-electron chi connectivity index (χ4n) is 3.10. The molecule has 0 aliphatic carbocycles. The third-order valence-electron chi connectivity index (χ3n) is 4.63. The number of benzene rings is 1. The summed E-state index contributed by atoms with van der Waals surface area (Å²) in [5.41, 5.74) is 0.348. The van der Waals surface area contributed by atoms with E-state index in [9.17, 15) is 4.79 Å². The number of hydrogen-bond donors (Lipinski definition) is 0. The van der Waals surface area contributed by atoms with Crippen LogP contribution in [0.4, 0.5) is 0 Å². The molecule has 3 nitrogen and oxygen atoms in total. The average molecular weight is 271 g/mol. The molecule has 0 radical (unpaired) electrons. The van der Waals surface area contributed by atoms with Crippen LogP contribution < -0.4 is 0 Å². The topological polar surface area (TPSA) is 33.5 Å². The van der Waals surface area contributed by atoms with Gasteiger partial charge in [0, 0.05) is 5.39 Å². The number of Topliss-reactive ketones (excluding diaryl/α,β-unsaturated/α-hetero) is 1. The van der Waals surface area contributed by atoms with Crippen molar-refractivity contribution in [1.29, 1.82) is 0 Å². The van der Waals surface area contributed by atoms with Gasteiger partial charge in [-0.05, 0) is 51.4 Å². The van der Waals surface area contributed by atoms with Crippen molar-refractivity contribution >= 4 is 16.8 Å². The van der Waals surface area contributed by atoms with Gasteiger partial charge in [0.2, 0.25) is 5.78 Å². The summed E-state index contributed by atoms with van der Waals surface area (Å²) < 4.78 is 5.76. The molecule has 1 aliphatic rings. The lowest BCUT2D eigenvalue weighted by Gasteiger charge is -2.35. The number of likely N-dealkylation sites (tertiary alicyclic amines) is 1. The zero-order valence-electron chi connectivity index (χ0n) is 12.2. The Kier molecular flexibility index (Phi) is 3.38. The van der Waals surface area contributed by atoms with Crippen molar-refractivity contribution in [1.82, 2.24) is 4.90 Å². The van der Waals surface area contributed by atoms with Gasteiger partial charge in [-0.1, -0.05) is 25.1 Å². The van der Waals surface area contributed by atoms with Gasteiger partial charge in [0.15, 0.2) is 5.76 Å². The summed E-state index contributed by atoms with van der Waals surface area (Å²) in [6, 6.07) is 9.66. The van der Waals surface area contributed by atoms with E-state index in [1.54, 1.807) is 0 Å². The highest BCUT2D eigenvalue weighted by Gasteiger charge is 2.40. The van der Waals surface area contributed by atoms with E-state index in [2.05, 4.69) is 11.8 Å². The highest BCUT2D eigenvalue weighted by atomic mass is 16.3. The van der Waals surface area contributed by atoms with E-state index in [1.807, 2.05) is 37.3 Å². The third-order valence-corrected chi connectivity index (χ3v) is 4.63. The highest BCUT2D eigenvalue weighted by Crippen LogP contribution is 2.30. The summed E-state index contributed by atoms with van der Waals surface area (Å²) in [6.07, 6.45) is 3.18. The molecule has 3 rings (SSSR count). The molecule has 1 saturated heterocycles. The first-order valence-electron chi connectivity index (χ1n) is 7.43. The van der Waals surface area contributed by atoms with Crippen LogP contribution in [0.3, 0.4) is 0 Å². The Bertz CT molecular complexity index is 592. The Morgan fingerprint density at radius 2 is 2.00 bits per heavy atom. The van der Waals surface area contributed by atoms with E-state index in [-0.39, 0.29) is 5.78 Å². The number of nitrogens with zero attached hydrogens (tertiary/aromatic N) is 1. The number of carbonyl (C=O) groups excluding carboxylic acids is 1. The minimum atomic E-state index is -0.440. The van der Waals surface area contributed by atoms with Gasteiger partial charge in [-0.25, -0.2) is 0 Å². The molecule has 0 saturated carbocycles. The first kappa shape index (κ1) is 13.4. The molecule has 1 fully saturated rings. The molecule has 106 valence electrons. The molecule has 1 aromatic heterocycles. The van der Waals surface area contributed by atoms with E-state index in [0.717, 1.165) is 30.5 Å². The summed E-state index contributed by atoms with van der Waals surface area (Å²) >= 11 is 0. The fraction of sp³-hybridized carbons (Fsp3) is 0.471. The number of ketones is 1. The van der Waals surface area contributed by atoms with Crippen molar-refractivity contribution in [3.05, 3.63) is 36.1 Å². The van der Waals surface area contributed by atoms with Crippen molar-refractivity contribution in [2.45, 2.75) is 38.6 Å². The minimum Gasteiger partial charge on any atom is -0.453 e. The van der Waals surface area contributed by atoms with Gasteiger partial charge in [0.1, 0.15) is 5.58 Å². The number of rotatable bonds is 4.